The number of carboxylic acid groups (broad SMARTS) is 1. The number of hydrogen-bond acceptors (Lipinski definition) is 5. The summed E-state index contributed by atoms with van der Waals surface area (Å²) >= 11 is 0. The summed E-state index contributed by atoms with van der Waals surface area (Å²) in [7, 11) is 0. The first kappa shape index (κ1) is 17.7. The molecule has 0 aliphatic carbocycles. The molecular weight excluding hydrogens is 316 g/mol. The third-order valence-electron chi connectivity index (χ3n) is 3.37. The SMILES string of the molecule is O=C(O)COCCNC(=O)COc1cccc(N2CCCC2=O)c1. The van der Waals surface area contributed by atoms with Gasteiger partial charge in [0, 0.05) is 31.3 Å². The van der Waals surface area contributed by atoms with Crippen LogP contribution in [0.4, 0.5) is 5.69 Å². The van der Waals surface area contributed by atoms with E-state index in [1.54, 1.807) is 23.1 Å². The number of carbonyl (C=O) groups excluding carboxylic acids is 2. The van der Waals surface area contributed by atoms with Gasteiger partial charge in [0.05, 0.1) is 6.61 Å². The molecule has 1 aromatic rings. The fraction of sp³-hybridized carbons (Fsp3) is 0.438. The van der Waals surface area contributed by atoms with Crippen LogP contribution in [-0.2, 0) is 19.1 Å². The molecule has 130 valence electrons. The van der Waals surface area contributed by atoms with E-state index in [2.05, 4.69) is 5.32 Å². The molecule has 1 heterocycles. The Kier molecular flexibility index (Phi) is 6.56. The molecule has 0 radical (unpaired) electrons. The fourth-order valence-electron chi connectivity index (χ4n) is 2.28. The van der Waals surface area contributed by atoms with Gasteiger partial charge in [-0.3, -0.25) is 9.59 Å². The van der Waals surface area contributed by atoms with E-state index in [0.29, 0.717) is 18.7 Å². The number of carbonyl (C=O) groups is 3. The second-order valence-electron chi connectivity index (χ2n) is 5.23. The Morgan fingerprint density at radius 3 is 2.83 bits per heavy atom. The van der Waals surface area contributed by atoms with Gasteiger partial charge < -0.3 is 24.8 Å². The summed E-state index contributed by atoms with van der Waals surface area (Å²) in [6.45, 7) is 0.451. The maximum absolute atomic E-state index is 11.7. The molecule has 1 aromatic carbocycles. The van der Waals surface area contributed by atoms with Gasteiger partial charge in [-0.15, -0.1) is 0 Å². The van der Waals surface area contributed by atoms with E-state index < -0.39 is 12.6 Å². The fourth-order valence-corrected chi connectivity index (χ4v) is 2.28. The standard InChI is InChI=1S/C16H20N2O6/c19-14(17-6-8-23-11-16(21)22)10-24-13-4-1-3-12(9-13)18-7-2-5-15(18)20/h1,3-4,9H,2,5-8,10-11H2,(H,17,19)(H,21,22). The number of anilines is 1. The predicted octanol–water partition coefficient (Wildman–Crippen LogP) is 0.410. The van der Waals surface area contributed by atoms with E-state index >= 15 is 0 Å². The lowest BCUT2D eigenvalue weighted by atomic mass is 10.3. The zero-order valence-corrected chi connectivity index (χ0v) is 13.2. The predicted molar refractivity (Wildman–Crippen MR) is 85.0 cm³/mol. The third kappa shape index (κ3) is 5.54. The van der Waals surface area contributed by atoms with Crippen LogP contribution in [0.3, 0.4) is 0 Å². The van der Waals surface area contributed by atoms with Gasteiger partial charge in [-0.05, 0) is 18.6 Å². The van der Waals surface area contributed by atoms with E-state index in [-0.39, 0.29) is 31.6 Å². The van der Waals surface area contributed by atoms with Crippen molar-refractivity contribution in [1.82, 2.24) is 5.32 Å². The van der Waals surface area contributed by atoms with Crippen LogP contribution >= 0.6 is 0 Å². The van der Waals surface area contributed by atoms with Crippen molar-refractivity contribution in [2.45, 2.75) is 12.8 Å². The molecular formula is C16H20N2O6. The number of rotatable bonds is 9. The maximum atomic E-state index is 11.7. The third-order valence-corrected chi connectivity index (χ3v) is 3.37. The Balaban J connectivity index is 1.72. The average Bonchev–Trinajstić information content (AvgIpc) is 2.99. The summed E-state index contributed by atoms with van der Waals surface area (Å²) in [5.41, 5.74) is 0.762. The topological polar surface area (TPSA) is 105 Å². The van der Waals surface area contributed by atoms with Gasteiger partial charge in [0.2, 0.25) is 5.91 Å². The summed E-state index contributed by atoms with van der Waals surface area (Å²) in [5, 5.41) is 10.9. The largest absolute Gasteiger partial charge is 0.484 e. The minimum atomic E-state index is -1.05. The number of nitrogens with zero attached hydrogens (tertiary/aromatic N) is 1. The van der Waals surface area contributed by atoms with Crippen molar-refractivity contribution in [2.75, 3.05) is 37.8 Å². The Morgan fingerprint density at radius 2 is 2.12 bits per heavy atom. The van der Waals surface area contributed by atoms with Crippen LogP contribution in [-0.4, -0.2) is 55.8 Å². The maximum Gasteiger partial charge on any atom is 0.329 e. The first-order chi connectivity index (χ1) is 11.6. The van der Waals surface area contributed by atoms with Crippen molar-refractivity contribution in [3.63, 3.8) is 0 Å². The molecule has 8 heteroatoms. The van der Waals surface area contributed by atoms with Crippen LogP contribution in [0.2, 0.25) is 0 Å². The first-order valence-electron chi connectivity index (χ1n) is 7.66. The summed E-state index contributed by atoms with van der Waals surface area (Å²) in [4.78, 5) is 35.3. The minimum Gasteiger partial charge on any atom is -0.484 e. The number of hydrogen-bond donors (Lipinski definition) is 2. The first-order valence-corrected chi connectivity index (χ1v) is 7.66. The lowest BCUT2D eigenvalue weighted by Gasteiger charge is -2.16. The van der Waals surface area contributed by atoms with Gasteiger partial charge in [0.1, 0.15) is 12.4 Å². The molecule has 1 saturated heterocycles. The Bertz CT molecular complexity index is 604. The number of amides is 2. The van der Waals surface area contributed by atoms with Gasteiger partial charge in [0.25, 0.3) is 5.91 Å². The number of aliphatic carboxylic acids is 1. The molecule has 0 saturated carbocycles. The Labute approximate surface area is 139 Å². The number of ether oxygens (including phenoxy) is 2. The molecule has 2 N–H and O–H groups in total. The summed E-state index contributed by atoms with van der Waals surface area (Å²) in [6, 6.07) is 7.05. The molecule has 1 aliphatic rings. The van der Waals surface area contributed by atoms with Crippen molar-refractivity contribution < 1.29 is 29.0 Å². The lowest BCUT2D eigenvalue weighted by Crippen LogP contribution is -2.32. The smallest absolute Gasteiger partial charge is 0.329 e. The van der Waals surface area contributed by atoms with Crippen LogP contribution < -0.4 is 15.0 Å². The van der Waals surface area contributed by atoms with Crippen LogP contribution in [0.1, 0.15) is 12.8 Å². The average molecular weight is 336 g/mol. The molecule has 1 aliphatic heterocycles. The number of benzene rings is 1. The van der Waals surface area contributed by atoms with E-state index in [9.17, 15) is 14.4 Å². The summed E-state index contributed by atoms with van der Waals surface area (Å²) in [5.74, 6) is -0.798. The molecule has 8 nitrogen and oxygen atoms in total. The number of nitrogens with one attached hydrogen (secondary N) is 1. The van der Waals surface area contributed by atoms with Crippen molar-refractivity contribution in [1.29, 1.82) is 0 Å². The molecule has 0 unspecified atom stereocenters. The van der Waals surface area contributed by atoms with E-state index in [1.165, 1.54) is 0 Å². The quantitative estimate of drug-likeness (QED) is 0.633. The summed E-state index contributed by atoms with van der Waals surface area (Å²) in [6.07, 6.45) is 1.40. The zero-order valence-electron chi connectivity index (χ0n) is 13.2. The van der Waals surface area contributed by atoms with Crippen molar-refractivity contribution >= 4 is 23.5 Å². The monoisotopic (exact) mass is 336 g/mol. The number of carboxylic acids is 1. The van der Waals surface area contributed by atoms with Crippen LogP contribution in [0.15, 0.2) is 24.3 Å². The summed E-state index contributed by atoms with van der Waals surface area (Å²) < 4.78 is 10.2. The second-order valence-corrected chi connectivity index (χ2v) is 5.23. The van der Waals surface area contributed by atoms with Crippen molar-refractivity contribution in [2.24, 2.45) is 0 Å². The van der Waals surface area contributed by atoms with Gasteiger partial charge in [0.15, 0.2) is 6.61 Å². The highest BCUT2D eigenvalue weighted by Crippen LogP contribution is 2.25. The molecule has 2 amide bonds. The molecule has 24 heavy (non-hydrogen) atoms. The van der Waals surface area contributed by atoms with E-state index in [0.717, 1.165) is 12.1 Å². The van der Waals surface area contributed by atoms with Crippen LogP contribution in [0, 0.1) is 0 Å². The highest BCUT2D eigenvalue weighted by Gasteiger charge is 2.21. The van der Waals surface area contributed by atoms with Gasteiger partial charge in [-0.2, -0.15) is 0 Å². The molecule has 0 aromatic heterocycles. The second kappa shape index (κ2) is 8.88. The normalized spacial score (nSPS) is 13.8. The highest BCUT2D eigenvalue weighted by atomic mass is 16.5. The zero-order chi connectivity index (χ0) is 17.4. The lowest BCUT2D eigenvalue weighted by molar-refractivity contribution is -0.142. The Hall–Kier alpha value is -2.61. The Morgan fingerprint density at radius 1 is 1.29 bits per heavy atom. The van der Waals surface area contributed by atoms with Crippen molar-refractivity contribution in [3.05, 3.63) is 24.3 Å². The van der Waals surface area contributed by atoms with Crippen LogP contribution in [0.25, 0.3) is 0 Å². The molecule has 1 fully saturated rings. The highest BCUT2D eigenvalue weighted by molar-refractivity contribution is 5.95. The van der Waals surface area contributed by atoms with E-state index in [1.807, 2.05) is 6.07 Å². The molecule has 2 rings (SSSR count). The van der Waals surface area contributed by atoms with Gasteiger partial charge in [-0.1, -0.05) is 6.07 Å². The van der Waals surface area contributed by atoms with Gasteiger partial charge >= 0.3 is 5.97 Å². The van der Waals surface area contributed by atoms with Crippen LogP contribution in [0.5, 0.6) is 5.75 Å². The minimum absolute atomic E-state index is 0.0891. The van der Waals surface area contributed by atoms with Gasteiger partial charge in [-0.25, -0.2) is 4.79 Å². The van der Waals surface area contributed by atoms with Crippen molar-refractivity contribution in [3.8, 4) is 5.75 Å². The molecule has 0 bridgehead atoms. The molecule has 0 spiro atoms. The van der Waals surface area contributed by atoms with E-state index in [4.69, 9.17) is 14.6 Å². The molecule has 0 atom stereocenters.